The van der Waals surface area contributed by atoms with Crippen LogP contribution in [0.1, 0.15) is 81.2 Å². The van der Waals surface area contributed by atoms with E-state index in [0.29, 0.717) is 91.4 Å². The molecule has 370 valence electrons. The first kappa shape index (κ1) is 47.6. The highest BCUT2D eigenvalue weighted by Gasteiger charge is 2.55. The van der Waals surface area contributed by atoms with Crippen molar-refractivity contribution in [3.8, 4) is 16.2 Å². The lowest BCUT2D eigenvalue weighted by molar-refractivity contribution is -0.143. The SMILES string of the molecule is O=C(O)COc1c(C(=O)O)sc(-c2cccc(NC3CC4(C3)CN(S(=O)(=O)Cc3cccc(NC(=O)N5CCC(c6ccc7c8c(cccc68)C(=O)N7C6CCC(=O)NC6=O)CC5)c3)C4)c2)c1C(F)(F)F. The highest BCUT2D eigenvalue weighted by molar-refractivity contribution is 7.88. The van der Waals surface area contributed by atoms with Crippen molar-refractivity contribution in [3.63, 3.8) is 0 Å². The highest BCUT2D eigenvalue weighted by atomic mass is 32.2. The van der Waals surface area contributed by atoms with Gasteiger partial charge >= 0.3 is 24.1 Å². The topological polar surface area (TPSA) is 232 Å². The van der Waals surface area contributed by atoms with Crippen LogP contribution in [-0.4, -0.2) is 108 Å². The minimum absolute atomic E-state index is 0.0502. The van der Waals surface area contributed by atoms with Crippen molar-refractivity contribution >= 4 is 84.9 Å². The quantitative estimate of drug-likeness (QED) is 0.0730. The fraction of sp³-hybridized carbons (Fsp3) is 0.347. The third-order valence-corrected chi connectivity index (χ3v) is 16.9. The van der Waals surface area contributed by atoms with Crippen molar-refractivity contribution in [1.29, 1.82) is 0 Å². The summed E-state index contributed by atoms with van der Waals surface area (Å²) in [6, 6.07) is 20.9. The fourth-order valence-electron chi connectivity index (χ4n) is 10.8. The lowest BCUT2D eigenvalue weighted by Gasteiger charge is -2.58. The van der Waals surface area contributed by atoms with Crippen molar-refractivity contribution in [1.82, 2.24) is 14.5 Å². The van der Waals surface area contributed by atoms with Crippen molar-refractivity contribution in [3.05, 3.63) is 106 Å². The van der Waals surface area contributed by atoms with Gasteiger partial charge in [-0.1, -0.05) is 42.5 Å². The molecule has 5 N–H and O–H groups in total. The summed E-state index contributed by atoms with van der Waals surface area (Å²) in [6.07, 6.45) is -2.16. The number of piperidine rings is 2. The largest absolute Gasteiger partial charge is 0.479 e. The van der Waals surface area contributed by atoms with E-state index in [9.17, 15) is 55.5 Å². The van der Waals surface area contributed by atoms with Gasteiger partial charge in [-0.2, -0.15) is 13.2 Å². The van der Waals surface area contributed by atoms with Gasteiger partial charge in [-0.25, -0.2) is 27.1 Å². The fourth-order valence-corrected chi connectivity index (χ4v) is 13.6. The van der Waals surface area contributed by atoms with Gasteiger partial charge in [0.25, 0.3) is 5.91 Å². The Bertz CT molecular complexity index is 3180. The molecule has 5 aromatic rings. The zero-order valence-electron chi connectivity index (χ0n) is 37.6. The van der Waals surface area contributed by atoms with Gasteiger partial charge in [0, 0.05) is 66.4 Å². The zero-order chi connectivity index (χ0) is 50.1. The number of urea groups is 1. The standard InChI is InChI=1S/C49H45F3N6O11S2/c50-49(51,52)40-41(69-22-38(60)61)43(46(64)65)70-42(40)28-5-2-7-30(19-28)53-31-20-48(21-31)24-57(25-48)71(67,68)23-26-4-1-6-29(18-26)54-47(66)56-16-14-27(15-17-56)32-10-11-35-39-33(32)8-3-9-34(39)45(63)58(35)36-12-13-37(59)55-44(36)62/h1-11,18-19,27,31,36,53H,12-17,20-25H2,(H,54,66)(H,60,61)(H,64,65)(H,55,59,62). The number of sulfonamides is 1. The number of ether oxygens (including phenoxy) is 1. The molecule has 10 rings (SSSR count). The van der Waals surface area contributed by atoms with Crippen LogP contribution in [0.15, 0.2) is 78.9 Å². The number of amides is 5. The number of aliphatic carboxylic acids is 1. The molecule has 5 aliphatic rings. The van der Waals surface area contributed by atoms with Crippen LogP contribution in [0.4, 0.5) is 35.0 Å². The number of carbonyl (C=O) groups excluding carboxylic acids is 4. The van der Waals surface area contributed by atoms with Crippen molar-refractivity contribution in [2.24, 2.45) is 5.41 Å². The molecule has 1 saturated carbocycles. The second-order valence-corrected chi connectivity index (χ2v) is 21.7. The lowest BCUT2D eigenvalue weighted by atomic mass is 9.61. The molecule has 5 heterocycles. The molecule has 1 atom stereocenters. The van der Waals surface area contributed by atoms with E-state index in [-0.39, 0.29) is 59.4 Å². The number of alkyl halides is 3. The maximum Gasteiger partial charge on any atom is 0.421 e. The van der Waals surface area contributed by atoms with E-state index in [0.717, 1.165) is 16.3 Å². The van der Waals surface area contributed by atoms with Crippen molar-refractivity contribution in [2.45, 2.75) is 68.5 Å². The molecule has 17 nitrogen and oxygen atoms in total. The second kappa shape index (κ2) is 18.0. The van der Waals surface area contributed by atoms with E-state index in [1.165, 1.54) is 27.4 Å². The van der Waals surface area contributed by atoms with Gasteiger partial charge < -0.3 is 30.5 Å². The summed E-state index contributed by atoms with van der Waals surface area (Å²) >= 11 is 0.334. The maximum atomic E-state index is 14.3. The number of nitrogens with one attached hydrogen (secondary N) is 3. The molecule has 1 spiro atoms. The Labute approximate surface area is 407 Å². The normalized spacial score (nSPS) is 19.4. The summed E-state index contributed by atoms with van der Waals surface area (Å²) < 4.78 is 76.4. The number of hydrogen-bond acceptors (Lipinski definition) is 11. The van der Waals surface area contributed by atoms with Crippen LogP contribution >= 0.6 is 11.3 Å². The van der Waals surface area contributed by atoms with Crippen LogP contribution in [0.25, 0.3) is 21.2 Å². The summed E-state index contributed by atoms with van der Waals surface area (Å²) in [5.41, 5.74) is 2.00. The highest BCUT2D eigenvalue weighted by Crippen LogP contribution is 2.53. The smallest absolute Gasteiger partial charge is 0.421 e. The monoisotopic (exact) mass is 1010 g/mol. The molecule has 22 heteroatoms. The van der Waals surface area contributed by atoms with Gasteiger partial charge in [0.2, 0.25) is 21.8 Å². The maximum absolute atomic E-state index is 14.3. The van der Waals surface area contributed by atoms with E-state index < -0.39 is 67.8 Å². The van der Waals surface area contributed by atoms with Crippen LogP contribution in [0.5, 0.6) is 5.75 Å². The molecular formula is C49H45F3N6O11S2. The summed E-state index contributed by atoms with van der Waals surface area (Å²) in [5.74, 6) is -5.64. The number of anilines is 3. The van der Waals surface area contributed by atoms with Gasteiger partial charge in [0.1, 0.15) is 11.6 Å². The van der Waals surface area contributed by atoms with Crippen molar-refractivity contribution < 1.29 is 65.3 Å². The molecular weight excluding hydrogens is 970 g/mol. The Kier molecular flexibility index (Phi) is 12.1. The third kappa shape index (κ3) is 9.03. The average molecular weight is 1020 g/mol. The number of rotatable bonds is 13. The van der Waals surface area contributed by atoms with Crippen LogP contribution in [0.2, 0.25) is 0 Å². The minimum Gasteiger partial charge on any atom is -0.479 e. The zero-order valence-corrected chi connectivity index (χ0v) is 39.2. The van der Waals surface area contributed by atoms with E-state index in [2.05, 4.69) is 16.0 Å². The third-order valence-electron chi connectivity index (χ3n) is 14.0. The molecule has 4 fully saturated rings. The number of thiophene rings is 1. The number of halogens is 3. The van der Waals surface area contributed by atoms with E-state index in [1.54, 1.807) is 41.3 Å². The number of carboxylic acids is 2. The molecule has 4 aliphatic heterocycles. The molecule has 1 unspecified atom stereocenters. The van der Waals surface area contributed by atoms with Crippen LogP contribution < -0.4 is 25.6 Å². The van der Waals surface area contributed by atoms with E-state index >= 15 is 0 Å². The number of likely N-dealkylation sites (tertiary alicyclic amines) is 1. The number of aromatic carboxylic acids is 1. The molecule has 0 radical (unpaired) electrons. The number of carboxylic acid groups (broad SMARTS) is 2. The van der Waals surface area contributed by atoms with Gasteiger partial charge in [0.15, 0.2) is 17.2 Å². The predicted octanol–water partition coefficient (Wildman–Crippen LogP) is 7.33. The molecule has 0 bridgehead atoms. The molecule has 3 saturated heterocycles. The minimum atomic E-state index is -5.06. The Balaban J connectivity index is 0.720. The summed E-state index contributed by atoms with van der Waals surface area (Å²) in [4.78, 5) is 76.7. The Morgan fingerprint density at radius 3 is 2.32 bits per heavy atom. The molecule has 71 heavy (non-hydrogen) atoms. The van der Waals surface area contributed by atoms with E-state index in [1.807, 2.05) is 24.3 Å². The lowest BCUT2D eigenvalue weighted by Crippen LogP contribution is -2.66. The van der Waals surface area contributed by atoms with Gasteiger partial charge in [-0.05, 0) is 96.5 Å². The predicted molar refractivity (Wildman–Crippen MR) is 254 cm³/mol. The molecule has 5 amide bonds. The van der Waals surface area contributed by atoms with Crippen LogP contribution in [0.3, 0.4) is 0 Å². The van der Waals surface area contributed by atoms with Gasteiger partial charge in [-0.3, -0.25) is 24.6 Å². The Morgan fingerprint density at radius 1 is 0.901 bits per heavy atom. The molecule has 1 aliphatic carbocycles. The average Bonchev–Trinajstić information content (AvgIpc) is 3.83. The van der Waals surface area contributed by atoms with Crippen LogP contribution in [-0.2, 0) is 36.3 Å². The van der Waals surface area contributed by atoms with Crippen LogP contribution in [0, 0.1) is 5.41 Å². The Morgan fingerprint density at radius 2 is 1.62 bits per heavy atom. The first-order valence-corrected chi connectivity index (χ1v) is 25.2. The summed E-state index contributed by atoms with van der Waals surface area (Å²) in [5, 5.41) is 28.9. The molecule has 4 aromatic carbocycles. The van der Waals surface area contributed by atoms with Crippen molar-refractivity contribution in [2.75, 3.05) is 48.3 Å². The Hall–Kier alpha value is -7.04. The number of carbonyl (C=O) groups is 6. The number of imide groups is 1. The summed E-state index contributed by atoms with van der Waals surface area (Å²) in [6.45, 7) is 0.329. The van der Waals surface area contributed by atoms with Gasteiger partial charge in [0.05, 0.1) is 16.3 Å². The number of benzene rings is 4. The number of hydrogen-bond donors (Lipinski definition) is 5. The second-order valence-electron chi connectivity index (χ2n) is 18.7. The van der Waals surface area contributed by atoms with Gasteiger partial charge in [-0.15, -0.1) is 11.3 Å². The molecule has 1 aromatic heterocycles. The first-order chi connectivity index (χ1) is 33.8. The summed E-state index contributed by atoms with van der Waals surface area (Å²) in [7, 11) is -3.74. The first-order valence-electron chi connectivity index (χ1n) is 22.8. The number of nitrogens with zero attached hydrogens (tertiary/aromatic N) is 3. The van der Waals surface area contributed by atoms with E-state index in [4.69, 9.17) is 9.84 Å².